The first-order chi connectivity index (χ1) is 14.3. The normalized spacial score (nSPS) is 14.3. The van der Waals surface area contributed by atoms with Crippen molar-refractivity contribution in [3.05, 3.63) is 59.7 Å². The molecule has 164 valence electrons. The number of aromatic hydroxyl groups is 1. The maximum atomic E-state index is 12.4. The number of hydrogen-bond donors (Lipinski definition) is 3. The Morgan fingerprint density at radius 2 is 1.70 bits per heavy atom. The van der Waals surface area contributed by atoms with Gasteiger partial charge in [-0.05, 0) is 63.0 Å². The zero-order chi connectivity index (χ0) is 22.1. The van der Waals surface area contributed by atoms with Crippen molar-refractivity contribution >= 4 is 5.78 Å². The summed E-state index contributed by atoms with van der Waals surface area (Å²) in [4.78, 5) is 14.6. The maximum absolute atomic E-state index is 12.4. The average molecular weight is 415 g/mol. The second-order valence-corrected chi connectivity index (χ2v) is 8.16. The van der Waals surface area contributed by atoms with Crippen molar-refractivity contribution in [1.29, 1.82) is 0 Å². The molecule has 0 aliphatic rings. The molecule has 2 rings (SSSR count). The van der Waals surface area contributed by atoms with Gasteiger partial charge in [0.1, 0.15) is 11.5 Å². The lowest BCUT2D eigenvalue weighted by Crippen LogP contribution is -2.33. The SMILES string of the molecule is CC(COc1ccc(C(=O)CCNC(C)C(O)c2ccc(O)cc2)cc1)CN(C)C. The molecule has 0 aromatic heterocycles. The monoisotopic (exact) mass is 414 g/mol. The molecule has 0 radical (unpaired) electrons. The first-order valence-electron chi connectivity index (χ1n) is 10.4. The number of aliphatic hydroxyl groups is 1. The Balaban J connectivity index is 1.75. The molecule has 0 fully saturated rings. The van der Waals surface area contributed by atoms with E-state index in [9.17, 15) is 15.0 Å². The van der Waals surface area contributed by atoms with E-state index in [0.29, 0.717) is 31.1 Å². The van der Waals surface area contributed by atoms with Gasteiger partial charge in [0.25, 0.3) is 0 Å². The molecule has 30 heavy (non-hydrogen) atoms. The standard InChI is InChI=1S/C24H34N2O4/c1-17(15-26(3)4)16-30-22-11-7-19(8-12-22)23(28)13-14-25-18(2)24(29)20-5-9-21(27)10-6-20/h5-12,17-18,24-25,27,29H,13-16H2,1-4H3. The van der Waals surface area contributed by atoms with Crippen LogP contribution in [0.1, 0.15) is 42.3 Å². The molecule has 2 aromatic carbocycles. The Morgan fingerprint density at radius 1 is 1.07 bits per heavy atom. The third-order valence-electron chi connectivity index (χ3n) is 4.91. The summed E-state index contributed by atoms with van der Waals surface area (Å²) in [6, 6.07) is 13.5. The highest BCUT2D eigenvalue weighted by molar-refractivity contribution is 5.96. The number of nitrogens with one attached hydrogen (secondary N) is 1. The summed E-state index contributed by atoms with van der Waals surface area (Å²) in [6.45, 7) is 6.07. The van der Waals surface area contributed by atoms with Crippen LogP contribution >= 0.6 is 0 Å². The molecule has 0 saturated carbocycles. The number of nitrogens with zero attached hydrogens (tertiary/aromatic N) is 1. The number of Topliss-reactive ketones (excluding diaryl/α,β-unsaturated/α-hetero) is 1. The lowest BCUT2D eigenvalue weighted by Gasteiger charge is -2.20. The van der Waals surface area contributed by atoms with Gasteiger partial charge in [-0.1, -0.05) is 19.1 Å². The lowest BCUT2D eigenvalue weighted by atomic mass is 10.0. The molecule has 0 spiro atoms. The van der Waals surface area contributed by atoms with Crippen LogP contribution in [-0.4, -0.2) is 60.7 Å². The van der Waals surface area contributed by atoms with E-state index in [-0.39, 0.29) is 17.6 Å². The molecule has 0 saturated heterocycles. The van der Waals surface area contributed by atoms with Gasteiger partial charge in [-0.15, -0.1) is 0 Å². The number of ether oxygens (including phenoxy) is 1. The first-order valence-corrected chi connectivity index (χ1v) is 10.4. The third-order valence-corrected chi connectivity index (χ3v) is 4.91. The van der Waals surface area contributed by atoms with Crippen LogP contribution < -0.4 is 10.1 Å². The quantitative estimate of drug-likeness (QED) is 0.463. The summed E-state index contributed by atoms with van der Waals surface area (Å²) in [5.41, 5.74) is 1.37. The number of aliphatic hydroxyl groups excluding tert-OH is 1. The van der Waals surface area contributed by atoms with Crippen molar-refractivity contribution in [3.8, 4) is 11.5 Å². The predicted molar refractivity (Wildman–Crippen MR) is 119 cm³/mol. The Labute approximate surface area is 179 Å². The highest BCUT2D eigenvalue weighted by Crippen LogP contribution is 2.20. The molecule has 0 aliphatic carbocycles. The van der Waals surface area contributed by atoms with Gasteiger partial charge < -0.3 is 25.2 Å². The number of rotatable bonds is 12. The van der Waals surface area contributed by atoms with Crippen molar-refractivity contribution in [3.63, 3.8) is 0 Å². The van der Waals surface area contributed by atoms with Crippen molar-refractivity contribution in [1.82, 2.24) is 10.2 Å². The summed E-state index contributed by atoms with van der Waals surface area (Å²) in [5.74, 6) is 1.39. The van der Waals surface area contributed by atoms with Gasteiger partial charge in [-0.3, -0.25) is 4.79 Å². The molecule has 3 atom stereocenters. The molecule has 6 heteroatoms. The molecule has 0 heterocycles. The van der Waals surface area contributed by atoms with Gasteiger partial charge in [0.2, 0.25) is 0 Å². The zero-order valence-electron chi connectivity index (χ0n) is 18.3. The molecule has 2 aromatic rings. The number of carbonyl (C=O) groups excluding carboxylic acids is 1. The Morgan fingerprint density at radius 3 is 2.30 bits per heavy atom. The second kappa shape index (κ2) is 11.7. The van der Waals surface area contributed by atoms with Crippen molar-refractivity contribution in [2.75, 3.05) is 33.8 Å². The minimum absolute atomic E-state index is 0.0429. The highest BCUT2D eigenvalue weighted by Gasteiger charge is 2.16. The Kier molecular flexibility index (Phi) is 9.30. The van der Waals surface area contributed by atoms with Crippen LogP contribution in [0.25, 0.3) is 0 Å². The topological polar surface area (TPSA) is 82.0 Å². The van der Waals surface area contributed by atoms with Gasteiger partial charge in [0.05, 0.1) is 12.7 Å². The van der Waals surface area contributed by atoms with Crippen LogP contribution in [0.2, 0.25) is 0 Å². The molecule has 3 unspecified atom stereocenters. The van der Waals surface area contributed by atoms with Crippen molar-refractivity contribution < 1.29 is 19.7 Å². The summed E-state index contributed by atoms with van der Waals surface area (Å²) in [6.07, 6.45) is -0.376. The summed E-state index contributed by atoms with van der Waals surface area (Å²) < 4.78 is 5.80. The van der Waals surface area contributed by atoms with Crippen LogP contribution in [0.4, 0.5) is 0 Å². The summed E-state index contributed by atoms with van der Waals surface area (Å²) >= 11 is 0. The summed E-state index contributed by atoms with van der Waals surface area (Å²) in [7, 11) is 4.08. The molecule has 0 bridgehead atoms. The number of phenols is 1. The third kappa shape index (κ3) is 7.78. The smallest absolute Gasteiger partial charge is 0.164 e. The van der Waals surface area contributed by atoms with E-state index in [0.717, 1.165) is 17.9 Å². The van der Waals surface area contributed by atoms with E-state index in [1.165, 1.54) is 0 Å². The van der Waals surface area contributed by atoms with Gasteiger partial charge >= 0.3 is 0 Å². The summed E-state index contributed by atoms with van der Waals surface area (Å²) in [5, 5.41) is 22.9. The van der Waals surface area contributed by atoms with E-state index in [1.807, 2.05) is 33.2 Å². The highest BCUT2D eigenvalue weighted by atomic mass is 16.5. The average Bonchev–Trinajstić information content (AvgIpc) is 2.72. The minimum Gasteiger partial charge on any atom is -0.508 e. The Hall–Kier alpha value is -2.41. The van der Waals surface area contributed by atoms with Crippen molar-refractivity contribution in [2.45, 2.75) is 32.4 Å². The minimum atomic E-state index is -0.716. The van der Waals surface area contributed by atoms with E-state index in [2.05, 4.69) is 17.1 Å². The number of benzene rings is 2. The van der Waals surface area contributed by atoms with Gasteiger partial charge in [0, 0.05) is 37.0 Å². The number of hydrogen-bond acceptors (Lipinski definition) is 6. The first kappa shape index (κ1) is 23.9. The molecule has 3 N–H and O–H groups in total. The fourth-order valence-corrected chi connectivity index (χ4v) is 3.28. The van der Waals surface area contributed by atoms with E-state index in [1.54, 1.807) is 36.4 Å². The van der Waals surface area contributed by atoms with Crippen LogP contribution in [0.3, 0.4) is 0 Å². The lowest BCUT2D eigenvalue weighted by molar-refractivity contribution is 0.0972. The molecular formula is C24H34N2O4. The molecule has 0 amide bonds. The number of carbonyl (C=O) groups is 1. The Bertz CT molecular complexity index is 775. The predicted octanol–water partition coefficient (Wildman–Crippen LogP) is 3.25. The van der Waals surface area contributed by atoms with Gasteiger partial charge in [0.15, 0.2) is 5.78 Å². The second-order valence-electron chi connectivity index (χ2n) is 8.16. The molecule has 6 nitrogen and oxygen atoms in total. The largest absolute Gasteiger partial charge is 0.508 e. The zero-order valence-corrected chi connectivity index (χ0v) is 18.3. The van der Waals surface area contributed by atoms with E-state index < -0.39 is 6.10 Å². The molecule has 0 aliphatic heterocycles. The van der Waals surface area contributed by atoms with E-state index in [4.69, 9.17) is 4.74 Å². The van der Waals surface area contributed by atoms with Gasteiger partial charge in [-0.25, -0.2) is 0 Å². The fourth-order valence-electron chi connectivity index (χ4n) is 3.28. The van der Waals surface area contributed by atoms with Crippen LogP contribution in [0.15, 0.2) is 48.5 Å². The fraction of sp³-hybridized carbons (Fsp3) is 0.458. The van der Waals surface area contributed by atoms with Crippen LogP contribution in [0.5, 0.6) is 11.5 Å². The number of phenolic OH excluding ortho intramolecular Hbond substituents is 1. The van der Waals surface area contributed by atoms with Gasteiger partial charge in [-0.2, -0.15) is 0 Å². The van der Waals surface area contributed by atoms with Crippen LogP contribution in [-0.2, 0) is 0 Å². The maximum Gasteiger partial charge on any atom is 0.164 e. The van der Waals surface area contributed by atoms with Crippen LogP contribution in [0, 0.1) is 5.92 Å². The molecular weight excluding hydrogens is 380 g/mol. The van der Waals surface area contributed by atoms with E-state index >= 15 is 0 Å². The van der Waals surface area contributed by atoms with Crippen molar-refractivity contribution in [2.24, 2.45) is 5.92 Å². The number of ketones is 1.